The average molecular weight is 257 g/mol. The lowest BCUT2D eigenvalue weighted by Crippen LogP contribution is -2.27. The number of hydroxylamine groups is 1. The van der Waals surface area contributed by atoms with E-state index >= 15 is 0 Å². The maximum atomic E-state index is 12.2. The second-order valence-corrected chi connectivity index (χ2v) is 4.15. The highest BCUT2D eigenvalue weighted by Crippen LogP contribution is 2.22. The summed E-state index contributed by atoms with van der Waals surface area (Å²) in [5.74, 6) is -0.0973. The van der Waals surface area contributed by atoms with Gasteiger partial charge in [-0.25, -0.2) is 0 Å². The quantitative estimate of drug-likeness (QED) is 0.679. The van der Waals surface area contributed by atoms with Crippen molar-refractivity contribution < 1.29 is 14.7 Å². The predicted molar refractivity (Wildman–Crippen MR) is 72.8 cm³/mol. The number of rotatable bonds is 3. The number of hydrogen-bond donors (Lipinski definition) is 1. The van der Waals surface area contributed by atoms with Crippen LogP contribution in [0.3, 0.4) is 0 Å². The minimum absolute atomic E-state index is 0.313. The predicted octanol–water partition coefficient (Wildman–Crippen LogP) is 3.04. The van der Waals surface area contributed by atoms with Crippen LogP contribution in [0.5, 0.6) is 5.75 Å². The molecule has 0 saturated carbocycles. The molecule has 2 aromatic carbocycles. The molecule has 0 aliphatic carbocycles. The molecule has 98 valence electrons. The molecule has 19 heavy (non-hydrogen) atoms. The summed E-state index contributed by atoms with van der Waals surface area (Å²) in [6.45, 7) is 1.94. The summed E-state index contributed by atoms with van der Waals surface area (Å²) >= 11 is 0. The largest absolute Gasteiger partial charge is 0.496 e. The first-order chi connectivity index (χ1) is 9.13. The van der Waals surface area contributed by atoms with E-state index in [4.69, 9.17) is 4.74 Å². The van der Waals surface area contributed by atoms with Gasteiger partial charge in [0, 0.05) is 0 Å². The van der Waals surface area contributed by atoms with Crippen LogP contribution in [-0.2, 0) is 0 Å². The zero-order valence-corrected chi connectivity index (χ0v) is 10.8. The van der Waals surface area contributed by atoms with Gasteiger partial charge in [-0.05, 0) is 31.2 Å². The number of carbonyl (C=O) groups is 1. The van der Waals surface area contributed by atoms with Gasteiger partial charge in [0.05, 0.1) is 18.4 Å². The van der Waals surface area contributed by atoms with Crippen LogP contribution in [0, 0.1) is 6.92 Å². The molecule has 0 heterocycles. The molecule has 0 aromatic heterocycles. The third kappa shape index (κ3) is 2.74. The van der Waals surface area contributed by atoms with Crippen molar-refractivity contribution in [3.63, 3.8) is 0 Å². The number of hydrogen-bond acceptors (Lipinski definition) is 3. The lowest BCUT2D eigenvalue weighted by atomic mass is 10.1. The Balaban J connectivity index is 2.30. The summed E-state index contributed by atoms with van der Waals surface area (Å²) in [7, 11) is 1.49. The lowest BCUT2D eigenvalue weighted by Gasteiger charge is -2.16. The van der Waals surface area contributed by atoms with Crippen LogP contribution in [0.4, 0.5) is 5.69 Å². The minimum atomic E-state index is -0.527. The molecule has 0 atom stereocenters. The zero-order valence-electron chi connectivity index (χ0n) is 10.8. The van der Waals surface area contributed by atoms with Crippen molar-refractivity contribution in [2.45, 2.75) is 6.92 Å². The Morgan fingerprint density at radius 2 is 1.74 bits per heavy atom. The summed E-state index contributed by atoms with van der Waals surface area (Å²) in [6, 6.07) is 13.8. The molecule has 2 aromatic rings. The van der Waals surface area contributed by atoms with Gasteiger partial charge >= 0.3 is 0 Å². The van der Waals surface area contributed by atoms with Gasteiger partial charge in [0.25, 0.3) is 5.91 Å². The Morgan fingerprint density at radius 1 is 1.11 bits per heavy atom. The monoisotopic (exact) mass is 257 g/mol. The van der Waals surface area contributed by atoms with Crippen LogP contribution < -0.4 is 9.80 Å². The van der Waals surface area contributed by atoms with Crippen LogP contribution in [-0.4, -0.2) is 18.2 Å². The SMILES string of the molecule is COc1ccccc1C(=O)N(O)c1ccc(C)cc1. The van der Waals surface area contributed by atoms with Crippen molar-refractivity contribution in [2.24, 2.45) is 0 Å². The molecule has 1 N–H and O–H groups in total. The summed E-state index contributed by atoms with van der Waals surface area (Å²) in [5, 5.41) is 10.6. The number of nitrogens with zero attached hydrogens (tertiary/aromatic N) is 1. The lowest BCUT2D eigenvalue weighted by molar-refractivity contribution is 0.0851. The molecule has 0 aliphatic heterocycles. The molecule has 0 fully saturated rings. The van der Waals surface area contributed by atoms with Gasteiger partial charge in [0.15, 0.2) is 0 Å². The summed E-state index contributed by atoms with van der Waals surface area (Å²) in [6.07, 6.45) is 0. The van der Waals surface area contributed by atoms with E-state index in [-0.39, 0.29) is 0 Å². The van der Waals surface area contributed by atoms with Gasteiger partial charge in [-0.2, -0.15) is 5.06 Å². The number of para-hydroxylation sites is 1. The number of carbonyl (C=O) groups excluding carboxylic acids is 1. The first kappa shape index (κ1) is 13.1. The fourth-order valence-corrected chi connectivity index (χ4v) is 1.74. The molecule has 2 rings (SSSR count). The minimum Gasteiger partial charge on any atom is -0.496 e. The van der Waals surface area contributed by atoms with Crippen molar-refractivity contribution in [1.29, 1.82) is 0 Å². The van der Waals surface area contributed by atoms with E-state index in [1.807, 2.05) is 19.1 Å². The van der Waals surface area contributed by atoms with Crippen molar-refractivity contribution in [3.05, 3.63) is 59.7 Å². The molecule has 1 amide bonds. The first-order valence-electron chi connectivity index (χ1n) is 5.86. The Kier molecular flexibility index (Phi) is 3.82. The number of aryl methyl sites for hydroxylation is 1. The average Bonchev–Trinajstić information content (AvgIpc) is 2.46. The van der Waals surface area contributed by atoms with Gasteiger partial charge in [-0.15, -0.1) is 0 Å². The van der Waals surface area contributed by atoms with Gasteiger partial charge in [-0.3, -0.25) is 10.0 Å². The molecule has 0 saturated heterocycles. The topological polar surface area (TPSA) is 49.8 Å². The highest BCUT2D eigenvalue weighted by molar-refractivity contribution is 6.06. The molecular weight excluding hydrogens is 242 g/mol. The molecule has 0 spiro atoms. The molecule has 0 bridgehead atoms. The Hall–Kier alpha value is -2.33. The van der Waals surface area contributed by atoms with Crippen molar-refractivity contribution in [2.75, 3.05) is 12.2 Å². The Labute approximate surface area is 111 Å². The second-order valence-electron chi connectivity index (χ2n) is 4.15. The van der Waals surface area contributed by atoms with Crippen LogP contribution in [0.15, 0.2) is 48.5 Å². The van der Waals surface area contributed by atoms with E-state index < -0.39 is 5.91 Å². The van der Waals surface area contributed by atoms with E-state index in [9.17, 15) is 10.0 Å². The van der Waals surface area contributed by atoms with Gasteiger partial charge in [-0.1, -0.05) is 29.8 Å². The summed E-state index contributed by atoms with van der Waals surface area (Å²) < 4.78 is 5.11. The standard InChI is InChI=1S/C15H15NO3/c1-11-7-9-12(10-8-11)16(18)15(17)13-5-3-4-6-14(13)19-2/h3-10,18H,1-2H3. The van der Waals surface area contributed by atoms with Crippen molar-refractivity contribution >= 4 is 11.6 Å². The fourth-order valence-electron chi connectivity index (χ4n) is 1.74. The first-order valence-corrected chi connectivity index (χ1v) is 5.86. The Bertz CT molecular complexity index is 578. The molecule has 4 nitrogen and oxygen atoms in total. The van der Waals surface area contributed by atoms with E-state index in [1.54, 1.807) is 36.4 Å². The molecule has 0 unspecified atom stereocenters. The smallest absolute Gasteiger partial charge is 0.285 e. The molecule has 4 heteroatoms. The van der Waals surface area contributed by atoms with Crippen LogP contribution in [0.1, 0.15) is 15.9 Å². The molecule has 0 aliphatic rings. The van der Waals surface area contributed by atoms with Gasteiger partial charge in [0.2, 0.25) is 0 Å². The van der Waals surface area contributed by atoms with E-state index in [2.05, 4.69) is 0 Å². The fraction of sp³-hybridized carbons (Fsp3) is 0.133. The number of methoxy groups -OCH3 is 1. The van der Waals surface area contributed by atoms with Gasteiger partial charge < -0.3 is 4.74 Å². The maximum absolute atomic E-state index is 12.2. The molecule has 0 radical (unpaired) electrons. The zero-order chi connectivity index (χ0) is 13.8. The van der Waals surface area contributed by atoms with Gasteiger partial charge in [0.1, 0.15) is 5.75 Å². The molecular formula is C15H15NO3. The third-order valence-corrected chi connectivity index (χ3v) is 2.81. The highest BCUT2D eigenvalue weighted by atomic mass is 16.5. The van der Waals surface area contributed by atoms with E-state index in [1.165, 1.54) is 7.11 Å². The Morgan fingerprint density at radius 3 is 2.37 bits per heavy atom. The summed E-state index contributed by atoms with van der Waals surface area (Å²) in [4.78, 5) is 12.2. The van der Waals surface area contributed by atoms with E-state index in [0.717, 1.165) is 5.56 Å². The normalized spacial score (nSPS) is 10.1. The summed E-state index contributed by atoms with van der Waals surface area (Å²) in [5.41, 5.74) is 1.79. The van der Waals surface area contributed by atoms with Crippen molar-refractivity contribution in [3.8, 4) is 5.75 Å². The van der Waals surface area contributed by atoms with Crippen LogP contribution in [0.2, 0.25) is 0 Å². The number of anilines is 1. The van der Waals surface area contributed by atoms with E-state index in [0.29, 0.717) is 22.1 Å². The number of amides is 1. The van der Waals surface area contributed by atoms with Crippen molar-refractivity contribution in [1.82, 2.24) is 0 Å². The number of benzene rings is 2. The highest BCUT2D eigenvalue weighted by Gasteiger charge is 2.19. The van der Waals surface area contributed by atoms with Crippen LogP contribution >= 0.6 is 0 Å². The second kappa shape index (κ2) is 5.54. The number of ether oxygens (including phenoxy) is 1. The maximum Gasteiger partial charge on any atom is 0.285 e. The third-order valence-electron chi connectivity index (χ3n) is 2.81. The van der Waals surface area contributed by atoms with Crippen LogP contribution in [0.25, 0.3) is 0 Å².